The first kappa shape index (κ1) is 16.6. The summed E-state index contributed by atoms with van der Waals surface area (Å²) >= 11 is 0. The fraction of sp³-hybridized carbons (Fsp3) is 0.474. The summed E-state index contributed by atoms with van der Waals surface area (Å²) in [7, 11) is 0. The molecule has 2 aliphatic rings. The predicted molar refractivity (Wildman–Crippen MR) is 93.3 cm³/mol. The van der Waals surface area contributed by atoms with Crippen molar-refractivity contribution in [3.63, 3.8) is 0 Å². The number of rotatable bonds is 3. The zero-order valence-electron chi connectivity index (χ0n) is 14.2. The molecule has 0 saturated heterocycles. The van der Waals surface area contributed by atoms with Gasteiger partial charge in [-0.25, -0.2) is 4.79 Å². The van der Waals surface area contributed by atoms with E-state index in [1.165, 1.54) is 12.5 Å². The van der Waals surface area contributed by atoms with Crippen LogP contribution < -0.4 is 11.1 Å². The van der Waals surface area contributed by atoms with Crippen molar-refractivity contribution in [2.45, 2.75) is 51.6 Å². The highest BCUT2D eigenvalue weighted by atomic mass is 16.6. The Labute approximate surface area is 142 Å². The molecule has 5 heteroatoms. The third-order valence-corrected chi connectivity index (χ3v) is 4.95. The lowest BCUT2D eigenvalue weighted by Crippen LogP contribution is -2.41. The van der Waals surface area contributed by atoms with E-state index in [0.717, 1.165) is 48.1 Å². The Hall–Kier alpha value is -2.30. The van der Waals surface area contributed by atoms with Crippen LogP contribution in [0.2, 0.25) is 0 Å². The number of carbonyl (C=O) groups is 2. The topological polar surface area (TPSA) is 81.4 Å². The summed E-state index contributed by atoms with van der Waals surface area (Å²) in [5.74, 6) is -0.287. The number of nitrogens with two attached hydrogens (primary N) is 1. The van der Waals surface area contributed by atoms with Gasteiger partial charge >= 0.3 is 6.09 Å². The lowest BCUT2D eigenvalue weighted by atomic mass is 9.77. The standard InChI is InChI=1S/C19H24N2O3/c1-12(2)14(11-17(20)22)13-6-7-16-15(10-13)19(24-18(23)21-16)8-4-3-5-9-19/h6-7,10-12H,3-5,8-9H2,1-2H3,(H2,20,22)(H,21,23). The molecule has 0 atom stereocenters. The molecule has 2 amide bonds. The Morgan fingerprint density at radius 3 is 2.62 bits per heavy atom. The van der Waals surface area contributed by atoms with E-state index in [1.807, 2.05) is 26.0 Å². The summed E-state index contributed by atoms with van der Waals surface area (Å²) in [5.41, 5.74) is 8.48. The molecule has 1 aliphatic carbocycles. The van der Waals surface area contributed by atoms with Gasteiger partial charge in [0, 0.05) is 11.6 Å². The number of amides is 2. The van der Waals surface area contributed by atoms with E-state index in [2.05, 4.69) is 11.4 Å². The van der Waals surface area contributed by atoms with Crippen LogP contribution in [-0.4, -0.2) is 12.0 Å². The maximum Gasteiger partial charge on any atom is 0.412 e. The zero-order chi connectivity index (χ0) is 17.3. The minimum absolute atomic E-state index is 0.164. The first-order valence-electron chi connectivity index (χ1n) is 8.57. The fourth-order valence-electron chi connectivity index (χ4n) is 3.81. The summed E-state index contributed by atoms with van der Waals surface area (Å²) in [6.07, 6.45) is 6.05. The predicted octanol–water partition coefficient (Wildman–Crippen LogP) is 3.93. The van der Waals surface area contributed by atoms with Crippen LogP contribution in [0, 0.1) is 5.92 Å². The number of benzene rings is 1. The third kappa shape index (κ3) is 3.03. The molecule has 0 unspecified atom stereocenters. The number of allylic oxidation sites excluding steroid dienone is 1. The number of fused-ring (bicyclic) bond motifs is 2. The number of hydrogen-bond donors (Lipinski definition) is 2. The molecule has 0 bridgehead atoms. The van der Waals surface area contributed by atoms with Gasteiger partial charge in [-0.1, -0.05) is 26.3 Å². The van der Waals surface area contributed by atoms with Crippen LogP contribution >= 0.6 is 0 Å². The van der Waals surface area contributed by atoms with Gasteiger partial charge in [-0.3, -0.25) is 10.1 Å². The summed E-state index contributed by atoms with van der Waals surface area (Å²) in [6.45, 7) is 4.06. The summed E-state index contributed by atoms with van der Waals surface area (Å²) in [6, 6.07) is 5.88. The lowest BCUT2D eigenvalue weighted by Gasteiger charge is -2.41. The van der Waals surface area contributed by atoms with E-state index < -0.39 is 11.5 Å². The average Bonchev–Trinajstić information content (AvgIpc) is 2.53. The minimum Gasteiger partial charge on any atom is -0.438 e. The van der Waals surface area contributed by atoms with Crippen molar-refractivity contribution in [3.05, 3.63) is 35.4 Å². The Morgan fingerprint density at radius 1 is 1.29 bits per heavy atom. The molecule has 5 nitrogen and oxygen atoms in total. The molecule has 0 radical (unpaired) electrons. The van der Waals surface area contributed by atoms with Crippen LogP contribution in [0.15, 0.2) is 24.3 Å². The maximum absolute atomic E-state index is 12.0. The second-order valence-corrected chi connectivity index (χ2v) is 6.99. The van der Waals surface area contributed by atoms with Crippen LogP contribution in [0.5, 0.6) is 0 Å². The smallest absolute Gasteiger partial charge is 0.412 e. The zero-order valence-corrected chi connectivity index (χ0v) is 14.2. The van der Waals surface area contributed by atoms with Crippen molar-refractivity contribution in [3.8, 4) is 0 Å². The highest BCUT2D eigenvalue weighted by Crippen LogP contribution is 2.47. The van der Waals surface area contributed by atoms with E-state index in [0.29, 0.717) is 0 Å². The van der Waals surface area contributed by atoms with Crippen LogP contribution in [0.4, 0.5) is 10.5 Å². The molecule has 24 heavy (non-hydrogen) atoms. The van der Waals surface area contributed by atoms with Crippen molar-refractivity contribution < 1.29 is 14.3 Å². The van der Waals surface area contributed by atoms with Crippen molar-refractivity contribution in [2.75, 3.05) is 5.32 Å². The van der Waals surface area contributed by atoms with Crippen LogP contribution in [-0.2, 0) is 15.1 Å². The van der Waals surface area contributed by atoms with Crippen molar-refractivity contribution >= 4 is 23.3 Å². The quantitative estimate of drug-likeness (QED) is 0.825. The SMILES string of the molecule is CC(C)C(=CC(N)=O)c1ccc2c(c1)C1(CCCCC1)OC(=O)N2. The van der Waals surface area contributed by atoms with E-state index in [-0.39, 0.29) is 12.0 Å². The number of primary amides is 1. The highest BCUT2D eigenvalue weighted by Gasteiger charge is 2.43. The van der Waals surface area contributed by atoms with Gasteiger partial charge in [-0.05, 0) is 54.9 Å². The van der Waals surface area contributed by atoms with Crippen LogP contribution in [0.25, 0.3) is 5.57 Å². The van der Waals surface area contributed by atoms with Gasteiger partial charge in [-0.2, -0.15) is 0 Å². The van der Waals surface area contributed by atoms with E-state index in [1.54, 1.807) is 0 Å². The van der Waals surface area contributed by atoms with Gasteiger partial charge in [-0.15, -0.1) is 0 Å². The number of hydrogen-bond acceptors (Lipinski definition) is 3. The van der Waals surface area contributed by atoms with Gasteiger partial charge in [0.05, 0.1) is 5.69 Å². The van der Waals surface area contributed by atoms with Crippen LogP contribution in [0.3, 0.4) is 0 Å². The van der Waals surface area contributed by atoms with Gasteiger partial charge < -0.3 is 10.5 Å². The largest absolute Gasteiger partial charge is 0.438 e. The van der Waals surface area contributed by atoms with Gasteiger partial charge in [0.1, 0.15) is 5.60 Å². The second-order valence-electron chi connectivity index (χ2n) is 6.99. The summed E-state index contributed by atoms with van der Waals surface area (Å²) in [5, 5.41) is 2.80. The first-order valence-corrected chi connectivity index (χ1v) is 8.57. The first-order chi connectivity index (χ1) is 11.4. The monoisotopic (exact) mass is 328 g/mol. The van der Waals surface area contributed by atoms with Crippen molar-refractivity contribution in [1.29, 1.82) is 0 Å². The van der Waals surface area contributed by atoms with Crippen molar-refractivity contribution in [2.24, 2.45) is 11.7 Å². The maximum atomic E-state index is 12.0. The van der Waals surface area contributed by atoms with Crippen LogP contribution in [0.1, 0.15) is 57.1 Å². The van der Waals surface area contributed by atoms with E-state index in [4.69, 9.17) is 10.5 Å². The lowest BCUT2D eigenvalue weighted by molar-refractivity contribution is -0.113. The third-order valence-electron chi connectivity index (χ3n) is 4.95. The Morgan fingerprint density at radius 2 is 2.00 bits per heavy atom. The Balaban J connectivity index is 2.10. The molecule has 3 N–H and O–H groups in total. The molecule has 1 spiro atoms. The molecule has 3 rings (SSSR count). The minimum atomic E-state index is -0.541. The summed E-state index contributed by atoms with van der Waals surface area (Å²) < 4.78 is 5.76. The molecule has 1 aliphatic heterocycles. The Kier molecular flexibility index (Phi) is 4.35. The molecule has 1 saturated carbocycles. The highest BCUT2D eigenvalue weighted by molar-refractivity contribution is 5.95. The molecule has 0 aromatic heterocycles. The second kappa shape index (κ2) is 6.30. The van der Waals surface area contributed by atoms with E-state index >= 15 is 0 Å². The van der Waals surface area contributed by atoms with Gasteiger partial charge in [0.15, 0.2) is 0 Å². The summed E-state index contributed by atoms with van der Waals surface area (Å²) in [4.78, 5) is 23.3. The Bertz CT molecular complexity index is 701. The number of carbonyl (C=O) groups excluding carboxylic acids is 2. The fourth-order valence-corrected chi connectivity index (χ4v) is 3.81. The average molecular weight is 328 g/mol. The molecule has 1 aromatic carbocycles. The van der Waals surface area contributed by atoms with Crippen molar-refractivity contribution in [1.82, 2.24) is 0 Å². The molecule has 1 heterocycles. The normalized spacial score (nSPS) is 19.6. The van der Waals surface area contributed by atoms with E-state index in [9.17, 15) is 9.59 Å². The molecule has 128 valence electrons. The molecular weight excluding hydrogens is 304 g/mol. The number of anilines is 1. The molecular formula is C19H24N2O3. The molecule has 1 aromatic rings. The van der Waals surface area contributed by atoms with Gasteiger partial charge in [0.2, 0.25) is 5.91 Å². The number of ether oxygens (including phenoxy) is 1. The molecule has 1 fully saturated rings. The number of nitrogens with one attached hydrogen (secondary N) is 1. The van der Waals surface area contributed by atoms with Gasteiger partial charge in [0.25, 0.3) is 0 Å².